The number of nitrogens with one attached hydrogen (secondary N) is 1. The number of esters is 1. The van der Waals surface area contributed by atoms with Crippen molar-refractivity contribution >= 4 is 11.9 Å². The van der Waals surface area contributed by atoms with E-state index in [0.29, 0.717) is 18.1 Å². The summed E-state index contributed by atoms with van der Waals surface area (Å²) in [4.78, 5) is 24.2. The van der Waals surface area contributed by atoms with Gasteiger partial charge >= 0.3 is 5.97 Å². The topological polar surface area (TPSA) is 77.0 Å². The number of methoxy groups -OCH3 is 1. The summed E-state index contributed by atoms with van der Waals surface area (Å²) in [7, 11) is 1.35. The van der Waals surface area contributed by atoms with E-state index in [9.17, 15) is 4.79 Å². The van der Waals surface area contributed by atoms with E-state index in [1.165, 1.54) is 13.3 Å². The fraction of sp³-hybridized carbons (Fsp3) is 0.333. The van der Waals surface area contributed by atoms with Crippen LogP contribution in [0.1, 0.15) is 34.2 Å². The lowest BCUT2D eigenvalue weighted by Crippen LogP contribution is -2.08. The van der Waals surface area contributed by atoms with Crippen LogP contribution in [-0.4, -0.2) is 28.0 Å². The normalized spacial score (nSPS) is 10.2. The van der Waals surface area contributed by atoms with Gasteiger partial charge in [0.15, 0.2) is 0 Å². The Morgan fingerprint density at radius 2 is 2.10 bits per heavy atom. The van der Waals surface area contributed by atoms with E-state index in [0.717, 1.165) is 23.4 Å². The predicted octanol–water partition coefficient (Wildman–Crippen LogP) is 2.14. The van der Waals surface area contributed by atoms with E-state index in [1.54, 1.807) is 12.3 Å². The smallest absolute Gasteiger partial charge is 0.339 e. The van der Waals surface area contributed by atoms with Crippen LogP contribution in [0.4, 0.5) is 5.95 Å². The van der Waals surface area contributed by atoms with E-state index >= 15 is 0 Å². The van der Waals surface area contributed by atoms with Crippen LogP contribution in [-0.2, 0) is 17.7 Å². The lowest BCUT2D eigenvalue weighted by atomic mass is 10.2. The van der Waals surface area contributed by atoms with Crippen LogP contribution in [0.25, 0.3) is 0 Å². The number of aromatic nitrogens is 3. The van der Waals surface area contributed by atoms with Gasteiger partial charge in [-0.25, -0.2) is 14.8 Å². The Kier molecular flexibility index (Phi) is 4.81. The summed E-state index contributed by atoms with van der Waals surface area (Å²) in [6.07, 6.45) is 4.03. The first-order valence-corrected chi connectivity index (χ1v) is 6.73. The van der Waals surface area contributed by atoms with Gasteiger partial charge in [-0.3, -0.25) is 4.98 Å². The van der Waals surface area contributed by atoms with Crippen LogP contribution in [0, 0.1) is 6.92 Å². The van der Waals surface area contributed by atoms with Crippen molar-refractivity contribution < 1.29 is 9.53 Å². The van der Waals surface area contributed by atoms with Gasteiger partial charge in [-0.1, -0.05) is 6.92 Å². The molecule has 0 bridgehead atoms. The Balaban J connectivity index is 2.09. The first-order chi connectivity index (χ1) is 10.1. The van der Waals surface area contributed by atoms with Crippen molar-refractivity contribution in [3.63, 3.8) is 0 Å². The molecule has 21 heavy (non-hydrogen) atoms. The van der Waals surface area contributed by atoms with Gasteiger partial charge < -0.3 is 10.1 Å². The highest BCUT2D eigenvalue weighted by Crippen LogP contribution is 2.09. The molecule has 1 N–H and O–H groups in total. The minimum Gasteiger partial charge on any atom is -0.465 e. The standard InChI is InChI=1S/C15H18N4O2/c1-4-13-5-10(2)18-15(19-13)17-8-11-6-12(9-16-7-11)14(20)21-3/h5-7,9H,4,8H2,1-3H3,(H,17,18,19). The zero-order chi connectivity index (χ0) is 15.2. The van der Waals surface area contributed by atoms with Crippen molar-refractivity contribution in [2.45, 2.75) is 26.8 Å². The maximum Gasteiger partial charge on any atom is 0.339 e. The highest BCUT2D eigenvalue weighted by molar-refractivity contribution is 5.89. The molecule has 0 radical (unpaired) electrons. The molecule has 0 unspecified atom stereocenters. The monoisotopic (exact) mass is 286 g/mol. The van der Waals surface area contributed by atoms with Gasteiger partial charge in [0.25, 0.3) is 0 Å². The molecular weight excluding hydrogens is 268 g/mol. The van der Waals surface area contributed by atoms with E-state index in [1.807, 2.05) is 13.0 Å². The second-order valence-corrected chi connectivity index (χ2v) is 4.60. The molecule has 6 heteroatoms. The molecule has 110 valence electrons. The predicted molar refractivity (Wildman–Crippen MR) is 79.1 cm³/mol. The van der Waals surface area contributed by atoms with Gasteiger partial charge in [0, 0.05) is 30.3 Å². The Bertz CT molecular complexity index is 643. The summed E-state index contributed by atoms with van der Waals surface area (Å²) in [5.41, 5.74) is 3.20. The Hall–Kier alpha value is -2.50. The van der Waals surface area contributed by atoms with Crippen LogP contribution in [0.5, 0.6) is 0 Å². The van der Waals surface area contributed by atoms with Crippen LogP contribution >= 0.6 is 0 Å². The zero-order valence-electron chi connectivity index (χ0n) is 12.4. The highest BCUT2D eigenvalue weighted by Gasteiger charge is 2.07. The molecule has 0 fully saturated rings. The molecule has 0 aliphatic carbocycles. The number of anilines is 1. The minimum atomic E-state index is -0.399. The van der Waals surface area contributed by atoms with Gasteiger partial charge in [0.05, 0.1) is 12.7 Å². The summed E-state index contributed by atoms with van der Waals surface area (Å²) in [5, 5.41) is 3.15. The molecular formula is C15H18N4O2. The maximum atomic E-state index is 11.5. The van der Waals surface area contributed by atoms with E-state index in [-0.39, 0.29) is 0 Å². The molecule has 2 heterocycles. The molecule has 2 aromatic heterocycles. The molecule has 0 atom stereocenters. The Morgan fingerprint density at radius 1 is 1.29 bits per heavy atom. The Labute approximate surface area is 123 Å². The van der Waals surface area contributed by atoms with Crippen molar-refractivity contribution in [2.24, 2.45) is 0 Å². The van der Waals surface area contributed by atoms with Crippen molar-refractivity contribution in [3.05, 3.63) is 47.0 Å². The molecule has 0 aliphatic rings. The van der Waals surface area contributed by atoms with Crippen LogP contribution in [0.3, 0.4) is 0 Å². The number of hydrogen-bond acceptors (Lipinski definition) is 6. The largest absolute Gasteiger partial charge is 0.465 e. The van der Waals surface area contributed by atoms with E-state index in [4.69, 9.17) is 0 Å². The number of carbonyl (C=O) groups is 1. The second kappa shape index (κ2) is 6.78. The molecule has 2 rings (SSSR count). The Morgan fingerprint density at radius 3 is 2.81 bits per heavy atom. The average Bonchev–Trinajstić information content (AvgIpc) is 2.51. The van der Waals surface area contributed by atoms with Gasteiger partial charge in [0.1, 0.15) is 0 Å². The molecule has 0 aromatic carbocycles. The number of pyridine rings is 1. The summed E-state index contributed by atoms with van der Waals surface area (Å²) in [5.74, 6) is 0.180. The molecule has 6 nitrogen and oxygen atoms in total. The number of aryl methyl sites for hydroxylation is 2. The average molecular weight is 286 g/mol. The fourth-order valence-corrected chi connectivity index (χ4v) is 1.89. The zero-order valence-corrected chi connectivity index (χ0v) is 12.4. The summed E-state index contributed by atoms with van der Waals surface area (Å²) >= 11 is 0. The molecule has 0 saturated heterocycles. The lowest BCUT2D eigenvalue weighted by Gasteiger charge is -2.08. The number of nitrogens with zero attached hydrogens (tertiary/aromatic N) is 3. The molecule has 0 aliphatic heterocycles. The molecule has 2 aromatic rings. The number of ether oxygens (including phenoxy) is 1. The van der Waals surface area contributed by atoms with E-state index < -0.39 is 5.97 Å². The molecule has 0 spiro atoms. The van der Waals surface area contributed by atoms with Gasteiger partial charge in [-0.15, -0.1) is 0 Å². The molecule has 0 saturated carbocycles. The van der Waals surface area contributed by atoms with Crippen molar-refractivity contribution in [3.8, 4) is 0 Å². The fourth-order valence-electron chi connectivity index (χ4n) is 1.89. The van der Waals surface area contributed by atoms with Crippen LogP contribution < -0.4 is 5.32 Å². The number of rotatable bonds is 5. The third-order valence-electron chi connectivity index (χ3n) is 2.94. The maximum absolute atomic E-state index is 11.5. The van der Waals surface area contributed by atoms with Crippen molar-refractivity contribution in [2.75, 3.05) is 12.4 Å². The minimum absolute atomic E-state index is 0.399. The number of hydrogen-bond donors (Lipinski definition) is 1. The van der Waals surface area contributed by atoms with Gasteiger partial charge in [-0.05, 0) is 31.0 Å². The van der Waals surface area contributed by atoms with Crippen molar-refractivity contribution in [1.82, 2.24) is 15.0 Å². The summed E-state index contributed by atoms with van der Waals surface area (Å²) in [6, 6.07) is 3.70. The highest BCUT2D eigenvalue weighted by atomic mass is 16.5. The SMILES string of the molecule is CCc1cc(C)nc(NCc2cncc(C(=O)OC)c2)n1. The van der Waals surface area contributed by atoms with Crippen LogP contribution in [0.15, 0.2) is 24.5 Å². The first-order valence-electron chi connectivity index (χ1n) is 6.73. The quantitative estimate of drug-likeness (QED) is 0.849. The van der Waals surface area contributed by atoms with Crippen molar-refractivity contribution in [1.29, 1.82) is 0 Å². The molecule has 0 amide bonds. The first kappa shape index (κ1) is 14.9. The third kappa shape index (κ3) is 3.98. The van der Waals surface area contributed by atoms with Crippen LogP contribution in [0.2, 0.25) is 0 Å². The number of carbonyl (C=O) groups excluding carboxylic acids is 1. The lowest BCUT2D eigenvalue weighted by molar-refractivity contribution is 0.0600. The van der Waals surface area contributed by atoms with Gasteiger partial charge in [-0.2, -0.15) is 0 Å². The third-order valence-corrected chi connectivity index (χ3v) is 2.94. The second-order valence-electron chi connectivity index (χ2n) is 4.60. The summed E-state index contributed by atoms with van der Waals surface area (Å²) < 4.78 is 4.68. The van der Waals surface area contributed by atoms with E-state index in [2.05, 4.69) is 31.9 Å². The summed E-state index contributed by atoms with van der Waals surface area (Å²) in [6.45, 7) is 4.48. The van der Waals surface area contributed by atoms with Gasteiger partial charge in [0.2, 0.25) is 5.95 Å².